The molecule has 0 spiro atoms. The molecule has 4 rings (SSSR count). The number of hydrogen-bond donors (Lipinski definition) is 0. The van der Waals surface area contributed by atoms with Crippen LogP contribution in [0.15, 0.2) is 75.9 Å². The van der Waals surface area contributed by atoms with Gasteiger partial charge >= 0.3 is 0 Å². The topological polar surface area (TPSA) is 56.5 Å². The van der Waals surface area contributed by atoms with Gasteiger partial charge in [-0.3, -0.25) is 9.59 Å². The third kappa shape index (κ3) is 4.11. The number of ketones is 1. The fraction of sp³-hybridized carbons (Fsp3) is 0.0833. The van der Waals surface area contributed by atoms with Gasteiger partial charge in [-0.25, -0.2) is 0 Å². The maximum absolute atomic E-state index is 13.0. The molecule has 3 aromatic carbocycles. The average Bonchev–Trinajstić information content (AvgIpc) is 2.73. The van der Waals surface area contributed by atoms with Gasteiger partial charge in [0.2, 0.25) is 5.43 Å². The Hall–Kier alpha value is -3.08. The molecule has 0 atom stereocenters. The van der Waals surface area contributed by atoms with Gasteiger partial charge in [0.1, 0.15) is 17.1 Å². The molecule has 6 heteroatoms. The molecule has 4 nitrogen and oxygen atoms in total. The smallest absolute Gasteiger partial charge is 0.200 e. The van der Waals surface area contributed by atoms with E-state index in [9.17, 15) is 9.59 Å². The van der Waals surface area contributed by atoms with E-state index >= 15 is 0 Å². The number of hydrogen-bond acceptors (Lipinski definition) is 4. The molecule has 0 radical (unpaired) electrons. The molecule has 0 N–H and O–H groups in total. The predicted molar refractivity (Wildman–Crippen MR) is 119 cm³/mol. The summed E-state index contributed by atoms with van der Waals surface area (Å²) in [6.45, 7) is 1.60. The van der Waals surface area contributed by atoms with Crippen molar-refractivity contribution in [2.45, 2.75) is 6.92 Å². The minimum Gasteiger partial charge on any atom is -0.485 e. The number of Topliss-reactive ketones (excluding diaryl/α,β-unsaturated/α-hetero) is 1. The van der Waals surface area contributed by atoms with E-state index in [0.717, 1.165) is 5.56 Å². The van der Waals surface area contributed by atoms with Gasteiger partial charge in [0.05, 0.1) is 10.9 Å². The molecule has 0 bridgehead atoms. The molecule has 0 aliphatic rings. The number of rotatable bonds is 5. The van der Waals surface area contributed by atoms with Crippen LogP contribution in [0.3, 0.4) is 0 Å². The normalized spacial score (nSPS) is 10.9. The second kappa shape index (κ2) is 8.34. The first kappa shape index (κ1) is 20.2. The first-order chi connectivity index (χ1) is 14.4. The zero-order valence-corrected chi connectivity index (χ0v) is 17.5. The number of aryl methyl sites for hydroxylation is 1. The molecular weight excluding hydrogens is 423 g/mol. The Balaban J connectivity index is 1.61. The first-order valence-corrected chi connectivity index (χ1v) is 9.93. The van der Waals surface area contributed by atoms with E-state index in [1.165, 1.54) is 0 Å². The predicted octanol–water partition coefficient (Wildman–Crippen LogP) is 6.34. The van der Waals surface area contributed by atoms with E-state index < -0.39 is 0 Å². The Labute approximate surface area is 182 Å². The minimum atomic E-state index is -0.178. The van der Waals surface area contributed by atoms with Crippen molar-refractivity contribution in [3.8, 4) is 16.9 Å². The van der Waals surface area contributed by atoms with Gasteiger partial charge in [-0.1, -0.05) is 35.3 Å². The van der Waals surface area contributed by atoms with Crippen molar-refractivity contribution in [3.05, 3.63) is 98.3 Å². The summed E-state index contributed by atoms with van der Waals surface area (Å²) >= 11 is 11.8. The van der Waals surface area contributed by atoms with Crippen molar-refractivity contribution < 1.29 is 13.9 Å². The molecule has 0 saturated carbocycles. The highest BCUT2D eigenvalue weighted by atomic mass is 35.5. The van der Waals surface area contributed by atoms with Crippen molar-refractivity contribution in [1.29, 1.82) is 0 Å². The van der Waals surface area contributed by atoms with Crippen molar-refractivity contribution in [1.82, 2.24) is 0 Å². The molecule has 150 valence electrons. The molecule has 1 aromatic heterocycles. The van der Waals surface area contributed by atoms with Crippen LogP contribution >= 0.6 is 23.2 Å². The molecule has 0 aliphatic carbocycles. The summed E-state index contributed by atoms with van der Waals surface area (Å²) in [5, 5.41) is 1.59. The number of halogens is 2. The minimum absolute atomic E-state index is 0.139. The lowest BCUT2D eigenvalue weighted by molar-refractivity contribution is 0.0921. The average molecular weight is 439 g/mol. The fourth-order valence-electron chi connectivity index (χ4n) is 3.19. The quantitative estimate of drug-likeness (QED) is 0.341. The molecule has 0 amide bonds. The number of carbonyl (C=O) groups excluding carboxylic acids is 1. The zero-order chi connectivity index (χ0) is 21.3. The standard InChI is InChI=1S/C24H16Cl2O4/c1-14-23(16-4-8-18(26)9-5-16)24(28)20-11-10-19(12-22(20)30-14)29-13-21(27)15-2-6-17(25)7-3-15/h2-12H,13H2,1H3. The van der Waals surface area contributed by atoms with E-state index in [0.29, 0.717) is 43.7 Å². The maximum Gasteiger partial charge on any atom is 0.200 e. The summed E-state index contributed by atoms with van der Waals surface area (Å²) in [4.78, 5) is 25.3. The SMILES string of the molecule is Cc1oc2cc(OCC(=O)c3ccc(Cl)cc3)ccc2c(=O)c1-c1ccc(Cl)cc1. The zero-order valence-electron chi connectivity index (χ0n) is 15.9. The van der Waals surface area contributed by atoms with E-state index in [1.807, 2.05) is 0 Å². The highest BCUT2D eigenvalue weighted by molar-refractivity contribution is 6.31. The van der Waals surface area contributed by atoms with Gasteiger partial charge in [0, 0.05) is 21.7 Å². The van der Waals surface area contributed by atoms with Crippen LogP contribution in [0.4, 0.5) is 0 Å². The van der Waals surface area contributed by atoms with Gasteiger partial charge in [-0.15, -0.1) is 0 Å². The number of benzene rings is 3. The van der Waals surface area contributed by atoms with Crippen LogP contribution in [-0.2, 0) is 0 Å². The number of fused-ring (bicyclic) bond motifs is 1. The Morgan fingerprint density at radius 2 is 1.57 bits per heavy atom. The van der Waals surface area contributed by atoms with Crippen LogP contribution in [0.25, 0.3) is 22.1 Å². The maximum atomic E-state index is 13.0. The van der Waals surface area contributed by atoms with Gasteiger partial charge in [-0.2, -0.15) is 0 Å². The second-order valence-corrected chi connectivity index (χ2v) is 7.62. The summed E-state index contributed by atoms with van der Waals surface area (Å²) in [6, 6.07) is 18.5. The molecule has 1 heterocycles. The molecule has 4 aromatic rings. The van der Waals surface area contributed by atoms with Crippen LogP contribution in [0.1, 0.15) is 16.1 Å². The lowest BCUT2D eigenvalue weighted by Crippen LogP contribution is -2.12. The molecule has 0 unspecified atom stereocenters. The first-order valence-electron chi connectivity index (χ1n) is 9.17. The van der Waals surface area contributed by atoms with E-state index in [4.69, 9.17) is 32.4 Å². The summed E-state index contributed by atoms with van der Waals surface area (Å²) < 4.78 is 11.5. The molecule has 0 fully saturated rings. The van der Waals surface area contributed by atoms with Crippen molar-refractivity contribution in [2.24, 2.45) is 0 Å². The fourth-order valence-corrected chi connectivity index (χ4v) is 3.45. The number of carbonyl (C=O) groups is 1. The van der Waals surface area contributed by atoms with Gasteiger partial charge < -0.3 is 9.15 Å². The van der Waals surface area contributed by atoms with Gasteiger partial charge in [0.25, 0.3) is 0 Å². The van der Waals surface area contributed by atoms with E-state index in [1.54, 1.807) is 73.7 Å². The van der Waals surface area contributed by atoms with Crippen LogP contribution in [0, 0.1) is 6.92 Å². The third-order valence-electron chi connectivity index (χ3n) is 4.71. The molecule has 0 aliphatic heterocycles. The van der Waals surface area contributed by atoms with Gasteiger partial charge in [0.15, 0.2) is 12.4 Å². The lowest BCUT2D eigenvalue weighted by Gasteiger charge is -2.09. The van der Waals surface area contributed by atoms with E-state index in [2.05, 4.69) is 0 Å². The monoisotopic (exact) mass is 438 g/mol. The Morgan fingerprint density at radius 3 is 2.23 bits per heavy atom. The van der Waals surface area contributed by atoms with Crippen LogP contribution in [-0.4, -0.2) is 12.4 Å². The van der Waals surface area contributed by atoms with Crippen LogP contribution in [0.5, 0.6) is 5.75 Å². The van der Waals surface area contributed by atoms with Crippen molar-refractivity contribution in [2.75, 3.05) is 6.61 Å². The second-order valence-electron chi connectivity index (χ2n) is 6.75. The van der Waals surface area contributed by atoms with Crippen LogP contribution < -0.4 is 10.2 Å². The Morgan fingerprint density at radius 1 is 0.933 bits per heavy atom. The van der Waals surface area contributed by atoms with Crippen molar-refractivity contribution in [3.63, 3.8) is 0 Å². The Kier molecular flexibility index (Phi) is 5.62. The summed E-state index contributed by atoms with van der Waals surface area (Å²) in [5.74, 6) is 0.748. The highest BCUT2D eigenvalue weighted by Gasteiger charge is 2.15. The van der Waals surface area contributed by atoms with E-state index in [-0.39, 0.29) is 17.8 Å². The largest absolute Gasteiger partial charge is 0.485 e. The summed E-state index contributed by atoms with van der Waals surface area (Å²) in [7, 11) is 0. The third-order valence-corrected chi connectivity index (χ3v) is 5.21. The molecular formula is C24H16Cl2O4. The van der Waals surface area contributed by atoms with Crippen LogP contribution in [0.2, 0.25) is 10.0 Å². The lowest BCUT2D eigenvalue weighted by atomic mass is 10.0. The number of ether oxygens (including phenoxy) is 1. The van der Waals surface area contributed by atoms with Gasteiger partial charge in [-0.05, 0) is 61.0 Å². The Bertz CT molecular complexity index is 1290. The molecule has 0 saturated heterocycles. The summed E-state index contributed by atoms with van der Waals surface area (Å²) in [5.41, 5.74) is 1.99. The highest BCUT2D eigenvalue weighted by Crippen LogP contribution is 2.27. The molecule has 30 heavy (non-hydrogen) atoms. The van der Waals surface area contributed by atoms with Crippen molar-refractivity contribution >= 4 is 40.0 Å². The summed E-state index contributed by atoms with van der Waals surface area (Å²) in [6.07, 6.45) is 0.